The molecule has 1 N–H and O–H groups in total. The summed E-state index contributed by atoms with van der Waals surface area (Å²) in [6, 6.07) is 0. The van der Waals surface area contributed by atoms with E-state index in [4.69, 9.17) is 13.9 Å². The number of carbonyl (C=O) groups excluding carboxylic acids is 2. The molecule has 1 aliphatic heterocycles. The van der Waals surface area contributed by atoms with Crippen LogP contribution in [0.15, 0.2) is 10.7 Å². The first-order valence-electron chi connectivity index (χ1n) is 11.2. The predicted octanol–water partition coefficient (Wildman–Crippen LogP) is 2.64. The number of ether oxygens (including phenoxy) is 2. The number of aryl methyl sites for hydroxylation is 2. The minimum absolute atomic E-state index is 0.0658. The van der Waals surface area contributed by atoms with Crippen molar-refractivity contribution in [1.29, 1.82) is 0 Å². The van der Waals surface area contributed by atoms with Crippen LogP contribution in [0.2, 0.25) is 0 Å². The molecular weight excluding hydrogens is 400 g/mol. The van der Waals surface area contributed by atoms with Crippen molar-refractivity contribution in [1.82, 2.24) is 20.1 Å². The minimum atomic E-state index is -0.471. The van der Waals surface area contributed by atoms with Gasteiger partial charge in [-0.25, -0.2) is 9.78 Å². The fraction of sp³-hybridized carbons (Fsp3) is 0.636. The molecule has 0 bridgehead atoms. The van der Waals surface area contributed by atoms with Gasteiger partial charge in [0.25, 0.3) is 5.91 Å². The van der Waals surface area contributed by atoms with Gasteiger partial charge >= 0.3 is 5.97 Å². The molecule has 2 aliphatic rings. The second kappa shape index (κ2) is 10.1. The van der Waals surface area contributed by atoms with Gasteiger partial charge < -0.3 is 19.2 Å². The van der Waals surface area contributed by atoms with E-state index in [9.17, 15) is 9.59 Å². The van der Waals surface area contributed by atoms with Gasteiger partial charge in [-0.15, -0.1) is 0 Å². The lowest BCUT2D eigenvalue weighted by Crippen LogP contribution is -2.26. The van der Waals surface area contributed by atoms with E-state index < -0.39 is 5.97 Å². The Labute approximate surface area is 181 Å². The number of oxazole rings is 1. The second-order valence-electron chi connectivity index (χ2n) is 8.01. The van der Waals surface area contributed by atoms with Crippen LogP contribution in [0.3, 0.4) is 0 Å². The molecule has 1 aliphatic carbocycles. The van der Waals surface area contributed by atoms with Gasteiger partial charge in [0.1, 0.15) is 6.26 Å². The number of esters is 1. The molecule has 0 atom stereocenters. The van der Waals surface area contributed by atoms with Gasteiger partial charge in [-0.1, -0.05) is 6.92 Å². The van der Waals surface area contributed by atoms with E-state index in [1.54, 1.807) is 0 Å². The Hall–Kier alpha value is -2.68. The number of rotatable bonds is 7. The molecule has 1 fully saturated rings. The highest BCUT2D eigenvalue weighted by molar-refractivity contribution is 5.96. The van der Waals surface area contributed by atoms with Gasteiger partial charge in [0, 0.05) is 38.6 Å². The van der Waals surface area contributed by atoms with Crippen LogP contribution in [0.1, 0.15) is 83.1 Å². The third kappa shape index (κ3) is 5.33. The molecule has 0 aromatic carbocycles. The summed E-state index contributed by atoms with van der Waals surface area (Å²) in [4.78, 5) is 29.2. The van der Waals surface area contributed by atoms with E-state index in [1.807, 2.05) is 11.6 Å². The van der Waals surface area contributed by atoms with E-state index in [-0.39, 0.29) is 18.2 Å². The summed E-state index contributed by atoms with van der Waals surface area (Å²) in [5.74, 6) is 0.443. The first-order chi connectivity index (χ1) is 15.2. The molecule has 1 amide bonds. The topological polar surface area (TPSA) is 108 Å². The molecule has 3 heterocycles. The third-order valence-corrected chi connectivity index (χ3v) is 5.55. The third-order valence-electron chi connectivity index (χ3n) is 5.55. The average Bonchev–Trinajstić information content (AvgIpc) is 3.40. The molecule has 2 aromatic heterocycles. The van der Waals surface area contributed by atoms with E-state index in [0.29, 0.717) is 56.5 Å². The van der Waals surface area contributed by atoms with Crippen molar-refractivity contribution in [2.24, 2.45) is 0 Å². The van der Waals surface area contributed by atoms with Crippen LogP contribution in [-0.2, 0) is 28.9 Å². The van der Waals surface area contributed by atoms with Gasteiger partial charge in [-0.05, 0) is 38.5 Å². The molecule has 0 unspecified atom stereocenters. The SMILES string of the molecule is CCc1nn(CCCOC(=O)c2coc(C3CC3)n2)c2c1C(=O)NCCCOCCC2. The molecule has 168 valence electrons. The molecule has 0 radical (unpaired) electrons. The Morgan fingerprint density at radius 2 is 2.16 bits per heavy atom. The van der Waals surface area contributed by atoms with Crippen LogP contribution in [0.5, 0.6) is 0 Å². The van der Waals surface area contributed by atoms with Crippen LogP contribution >= 0.6 is 0 Å². The van der Waals surface area contributed by atoms with Crippen LogP contribution in [-0.4, -0.2) is 53.0 Å². The Balaban J connectivity index is 1.37. The average molecular weight is 431 g/mol. The van der Waals surface area contributed by atoms with Crippen molar-refractivity contribution in [3.63, 3.8) is 0 Å². The molecule has 2 aromatic rings. The minimum Gasteiger partial charge on any atom is -0.461 e. The summed E-state index contributed by atoms with van der Waals surface area (Å²) in [6.45, 7) is 4.73. The van der Waals surface area contributed by atoms with E-state index in [0.717, 1.165) is 43.5 Å². The van der Waals surface area contributed by atoms with Crippen molar-refractivity contribution in [3.05, 3.63) is 34.8 Å². The molecule has 4 rings (SSSR count). The normalized spacial score (nSPS) is 17.5. The maximum atomic E-state index is 12.8. The summed E-state index contributed by atoms with van der Waals surface area (Å²) in [5.41, 5.74) is 2.65. The lowest BCUT2D eigenvalue weighted by Gasteiger charge is -2.10. The number of nitrogens with one attached hydrogen (secondary N) is 1. The molecular formula is C22H30N4O5. The van der Waals surface area contributed by atoms with Crippen molar-refractivity contribution in [2.45, 2.75) is 64.3 Å². The number of amides is 1. The summed E-state index contributed by atoms with van der Waals surface area (Å²) in [7, 11) is 0. The summed E-state index contributed by atoms with van der Waals surface area (Å²) >= 11 is 0. The lowest BCUT2D eigenvalue weighted by atomic mass is 10.1. The quantitative estimate of drug-likeness (QED) is 0.531. The van der Waals surface area contributed by atoms with Crippen LogP contribution in [0, 0.1) is 0 Å². The van der Waals surface area contributed by atoms with Crippen molar-refractivity contribution in [2.75, 3.05) is 26.4 Å². The number of hydrogen-bond donors (Lipinski definition) is 1. The van der Waals surface area contributed by atoms with Gasteiger partial charge in [0.15, 0.2) is 11.6 Å². The van der Waals surface area contributed by atoms with E-state index in [2.05, 4.69) is 15.4 Å². The van der Waals surface area contributed by atoms with Gasteiger partial charge in [-0.2, -0.15) is 5.10 Å². The number of aromatic nitrogens is 3. The molecule has 1 saturated carbocycles. The highest BCUT2D eigenvalue weighted by Crippen LogP contribution is 2.39. The van der Waals surface area contributed by atoms with Crippen LogP contribution in [0.25, 0.3) is 0 Å². The smallest absolute Gasteiger partial charge is 0.360 e. The maximum Gasteiger partial charge on any atom is 0.360 e. The maximum absolute atomic E-state index is 12.8. The lowest BCUT2D eigenvalue weighted by molar-refractivity contribution is 0.0487. The fourth-order valence-electron chi connectivity index (χ4n) is 3.76. The summed E-state index contributed by atoms with van der Waals surface area (Å²) in [5, 5.41) is 7.66. The number of hydrogen-bond acceptors (Lipinski definition) is 7. The second-order valence-corrected chi connectivity index (χ2v) is 8.01. The first kappa shape index (κ1) is 21.5. The van der Waals surface area contributed by atoms with E-state index >= 15 is 0 Å². The summed E-state index contributed by atoms with van der Waals surface area (Å²) in [6.07, 6.45) is 7.13. The Bertz CT molecular complexity index is 915. The number of carbonyl (C=O) groups is 2. The highest BCUT2D eigenvalue weighted by atomic mass is 16.5. The van der Waals surface area contributed by atoms with Gasteiger partial charge in [0.2, 0.25) is 0 Å². The monoisotopic (exact) mass is 430 g/mol. The zero-order chi connectivity index (χ0) is 21.6. The Morgan fingerprint density at radius 1 is 1.32 bits per heavy atom. The molecule has 9 heteroatoms. The standard InChI is InChI=1S/C22H30N4O5/c1-2-16-19-18(6-3-11-29-12-4-9-23-20(19)27)26(25-16)10-5-13-30-22(28)17-14-31-21(24-17)15-7-8-15/h14-15H,2-13H2,1H3,(H,23,27). The van der Waals surface area contributed by atoms with E-state index in [1.165, 1.54) is 6.26 Å². The summed E-state index contributed by atoms with van der Waals surface area (Å²) < 4.78 is 18.2. The largest absolute Gasteiger partial charge is 0.461 e. The number of nitrogens with zero attached hydrogens (tertiary/aromatic N) is 3. The van der Waals surface area contributed by atoms with Gasteiger partial charge in [-0.3, -0.25) is 9.48 Å². The van der Waals surface area contributed by atoms with Crippen LogP contribution in [0.4, 0.5) is 0 Å². The zero-order valence-corrected chi connectivity index (χ0v) is 18.0. The fourth-order valence-corrected chi connectivity index (χ4v) is 3.76. The van der Waals surface area contributed by atoms with Crippen LogP contribution < -0.4 is 5.32 Å². The Morgan fingerprint density at radius 3 is 2.97 bits per heavy atom. The zero-order valence-electron chi connectivity index (χ0n) is 18.0. The molecule has 0 saturated heterocycles. The molecule has 31 heavy (non-hydrogen) atoms. The highest BCUT2D eigenvalue weighted by Gasteiger charge is 2.29. The predicted molar refractivity (Wildman–Crippen MR) is 111 cm³/mol. The molecule has 0 spiro atoms. The van der Waals surface area contributed by atoms with Gasteiger partial charge in [0.05, 0.1) is 23.6 Å². The Kier molecular flexibility index (Phi) is 7.01. The van der Waals surface area contributed by atoms with Crippen molar-refractivity contribution in [3.8, 4) is 0 Å². The number of fused-ring (bicyclic) bond motifs is 1. The van der Waals surface area contributed by atoms with Crippen molar-refractivity contribution >= 4 is 11.9 Å². The molecule has 9 nitrogen and oxygen atoms in total. The first-order valence-corrected chi connectivity index (χ1v) is 11.2. The van der Waals surface area contributed by atoms with Crippen molar-refractivity contribution < 1.29 is 23.5 Å².